The van der Waals surface area contributed by atoms with Gasteiger partial charge in [-0.3, -0.25) is 0 Å². The van der Waals surface area contributed by atoms with Crippen LogP contribution in [0.5, 0.6) is 11.5 Å². The van der Waals surface area contributed by atoms with Crippen LogP contribution in [0.15, 0.2) is 34.1 Å². The Kier molecular flexibility index (Phi) is 4.98. The van der Waals surface area contributed by atoms with E-state index < -0.39 is 11.9 Å². The number of halogens is 1. The van der Waals surface area contributed by atoms with Gasteiger partial charge in [-0.1, -0.05) is 0 Å². The van der Waals surface area contributed by atoms with E-state index in [-0.39, 0.29) is 11.5 Å². The van der Waals surface area contributed by atoms with Crippen molar-refractivity contribution in [2.75, 3.05) is 14.2 Å². The Hall–Kier alpha value is -1.86. The van der Waals surface area contributed by atoms with Gasteiger partial charge in [0.25, 0.3) is 0 Å². The molecule has 0 radical (unpaired) electrons. The summed E-state index contributed by atoms with van der Waals surface area (Å²) in [5, 5.41) is 0. The standard InChI is InChI=1S/C14H11BrO5S/c1-18-10-7-8(13(16)19-2)3-4-9(10)20-14(17)11-5-6-12(15)21-11/h3-7H,1-2H3. The second-order valence-corrected chi connectivity index (χ2v) is 6.31. The predicted molar refractivity (Wildman–Crippen MR) is 81.3 cm³/mol. The zero-order valence-electron chi connectivity index (χ0n) is 11.2. The fraction of sp³-hybridized carbons (Fsp3) is 0.143. The van der Waals surface area contributed by atoms with Gasteiger partial charge in [-0.05, 0) is 46.3 Å². The van der Waals surface area contributed by atoms with Crippen molar-refractivity contribution >= 4 is 39.2 Å². The summed E-state index contributed by atoms with van der Waals surface area (Å²) in [6.07, 6.45) is 0. The summed E-state index contributed by atoms with van der Waals surface area (Å²) in [6.45, 7) is 0. The van der Waals surface area contributed by atoms with Crippen molar-refractivity contribution < 1.29 is 23.8 Å². The Morgan fingerprint density at radius 2 is 1.81 bits per heavy atom. The van der Waals surface area contributed by atoms with Crippen molar-refractivity contribution in [2.45, 2.75) is 0 Å². The van der Waals surface area contributed by atoms with Crippen LogP contribution < -0.4 is 9.47 Å². The van der Waals surface area contributed by atoms with Gasteiger partial charge in [0.15, 0.2) is 11.5 Å². The fourth-order valence-corrected chi connectivity index (χ4v) is 2.83. The second-order valence-electron chi connectivity index (χ2n) is 3.85. The Bertz CT molecular complexity index is 680. The lowest BCUT2D eigenvalue weighted by Crippen LogP contribution is -2.08. The maximum atomic E-state index is 12.0. The number of benzene rings is 1. The molecule has 21 heavy (non-hydrogen) atoms. The average Bonchev–Trinajstić information content (AvgIpc) is 2.93. The zero-order valence-corrected chi connectivity index (χ0v) is 13.6. The second kappa shape index (κ2) is 6.73. The largest absolute Gasteiger partial charge is 0.493 e. The van der Waals surface area contributed by atoms with Crippen LogP contribution in [0.4, 0.5) is 0 Å². The minimum Gasteiger partial charge on any atom is -0.493 e. The van der Waals surface area contributed by atoms with E-state index in [1.54, 1.807) is 12.1 Å². The normalized spacial score (nSPS) is 10.0. The molecule has 1 heterocycles. The van der Waals surface area contributed by atoms with Gasteiger partial charge in [0.05, 0.1) is 23.6 Å². The lowest BCUT2D eigenvalue weighted by molar-refractivity contribution is 0.0600. The van der Waals surface area contributed by atoms with Crippen LogP contribution in [0, 0.1) is 0 Å². The highest BCUT2D eigenvalue weighted by Crippen LogP contribution is 2.30. The van der Waals surface area contributed by atoms with Crippen molar-refractivity contribution in [1.29, 1.82) is 0 Å². The molecule has 0 spiro atoms. The molecule has 110 valence electrons. The third-order valence-electron chi connectivity index (χ3n) is 2.56. The van der Waals surface area contributed by atoms with E-state index in [9.17, 15) is 9.59 Å². The molecule has 0 aliphatic carbocycles. The number of hydrogen-bond donors (Lipinski definition) is 0. The smallest absolute Gasteiger partial charge is 0.353 e. The molecule has 0 saturated heterocycles. The van der Waals surface area contributed by atoms with Crippen molar-refractivity contribution in [3.8, 4) is 11.5 Å². The van der Waals surface area contributed by atoms with Crippen LogP contribution in [0.3, 0.4) is 0 Å². The summed E-state index contributed by atoms with van der Waals surface area (Å²) >= 11 is 4.55. The zero-order chi connectivity index (χ0) is 15.4. The highest BCUT2D eigenvalue weighted by Gasteiger charge is 2.16. The van der Waals surface area contributed by atoms with Crippen LogP contribution >= 0.6 is 27.3 Å². The lowest BCUT2D eigenvalue weighted by Gasteiger charge is -2.09. The fourth-order valence-electron chi connectivity index (χ4n) is 1.57. The van der Waals surface area contributed by atoms with E-state index in [1.807, 2.05) is 0 Å². The Balaban J connectivity index is 2.23. The molecule has 1 aromatic heterocycles. The van der Waals surface area contributed by atoms with Crippen molar-refractivity contribution in [1.82, 2.24) is 0 Å². The maximum Gasteiger partial charge on any atom is 0.353 e. The van der Waals surface area contributed by atoms with E-state index in [2.05, 4.69) is 20.7 Å². The van der Waals surface area contributed by atoms with E-state index in [0.29, 0.717) is 10.4 Å². The Morgan fingerprint density at radius 1 is 1.05 bits per heavy atom. The average molecular weight is 371 g/mol. The highest BCUT2D eigenvalue weighted by molar-refractivity contribution is 9.11. The monoisotopic (exact) mass is 370 g/mol. The first kappa shape index (κ1) is 15.5. The number of rotatable bonds is 4. The number of hydrogen-bond acceptors (Lipinski definition) is 6. The number of thiophene rings is 1. The molecule has 0 unspecified atom stereocenters. The van der Waals surface area contributed by atoms with Gasteiger partial charge in [-0.2, -0.15) is 0 Å². The molecule has 0 bridgehead atoms. The SMILES string of the molecule is COC(=O)c1ccc(OC(=O)c2ccc(Br)s2)c(OC)c1. The van der Waals surface area contributed by atoms with E-state index >= 15 is 0 Å². The summed E-state index contributed by atoms with van der Waals surface area (Å²) < 4.78 is 15.9. The van der Waals surface area contributed by atoms with Crippen LogP contribution in [-0.2, 0) is 4.74 Å². The van der Waals surface area contributed by atoms with Crippen LogP contribution in [0.2, 0.25) is 0 Å². The third kappa shape index (κ3) is 3.62. The van der Waals surface area contributed by atoms with E-state index in [1.165, 1.54) is 43.8 Å². The topological polar surface area (TPSA) is 61.8 Å². The van der Waals surface area contributed by atoms with Gasteiger partial charge >= 0.3 is 11.9 Å². The lowest BCUT2D eigenvalue weighted by atomic mass is 10.2. The molecule has 0 amide bonds. The molecule has 0 aliphatic heterocycles. The van der Waals surface area contributed by atoms with Crippen LogP contribution in [0.1, 0.15) is 20.0 Å². The molecule has 2 rings (SSSR count). The number of methoxy groups -OCH3 is 2. The predicted octanol–water partition coefficient (Wildman–Crippen LogP) is 3.53. The minimum atomic E-state index is -0.492. The van der Waals surface area contributed by atoms with Gasteiger partial charge in [-0.15, -0.1) is 11.3 Å². The molecule has 7 heteroatoms. The molecular formula is C14H11BrO5S. The Labute approximate surface area is 133 Å². The number of esters is 2. The maximum absolute atomic E-state index is 12.0. The van der Waals surface area contributed by atoms with Crippen molar-refractivity contribution in [3.05, 3.63) is 44.6 Å². The summed E-state index contributed by atoms with van der Waals surface area (Å²) in [6, 6.07) is 7.87. The van der Waals surface area contributed by atoms with Gasteiger partial charge < -0.3 is 14.2 Å². The Morgan fingerprint density at radius 3 is 2.38 bits per heavy atom. The summed E-state index contributed by atoms with van der Waals surface area (Å²) in [5.74, 6) is -0.468. The molecule has 0 N–H and O–H groups in total. The first-order valence-electron chi connectivity index (χ1n) is 5.79. The molecule has 0 aliphatic rings. The first-order chi connectivity index (χ1) is 10.0. The van der Waals surface area contributed by atoms with E-state index in [0.717, 1.165) is 3.79 Å². The first-order valence-corrected chi connectivity index (χ1v) is 7.40. The number of carbonyl (C=O) groups is 2. The minimum absolute atomic E-state index is 0.236. The van der Waals surface area contributed by atoms with Crippen molar-refractivity contribution in [2.24, 2.45) is 0 Å². The highest BCUT2D eigenvalue weighted by atomic mass is 79.9. The molecule has 2 aromatic rings. The van der Waals surface area contributed by atoms with Crippen LogP contribution in [0.25, 0.3) is 0 Å². The summed E-state index contributed by atoms with van der Waals surface area (Å²) in [4.78, 5) is 23.9. The van der Waals surface area contributed by atoms with Crippen LogP contribution in [-0.4, -0.2) is 26.2 Å². The number of carbonyl (C=O) groups excluding carboxylic acids is 2. The summed E-state index contributed by atoms with van der Waals surface area (Å²) in [5.41, 5.74) is 0.313. The molecule has 0 saturated carbocycles. The molecular weight excluding hydrogens is 360 g/mol. The molecule has 0 fully saturated rings. The molecule has 5 nitrogen and oxygen atoms in total. The molecule has 1 aromatic carbocycles. The molecule has 0 atom stereocenters. The van der Waals surface area contributed by atoms with E-state index in [4.69, 9.17) is 9.47 Å². The summed E-state index contributed by atoms with van der Waals surface area (Å²) in [7, 11) is 2.72. The number of ether oxygens (including phenoxy) is 3. The van der Waals surface area contributed by atoms with Gasteiger partial charge in [-0.25, -0.2) is 9.59 Å². The van der Waals surface area contributed by atoms with Crippen molar-refractivity contribution in [3.63, 3.8) is 0 Å². The quantitative estimate of drug-likeness (QED) is 0.608. The van der Waals surface area contributed by atoms with Gasteiger partial charge in [0.1, 0.15) is 4.88 Å². The van der Waals surface area contributed by atoms with Gasteiger partial charge in [0.2, 0.25) is 0 Å². The third-order valence-corrected chi connectivity index (χ3v) is 4.17. The van der Waals surface area contributed by atoms with Gasteiger partial charge in [0, 0.05) is 0 Å².